The first kappa shape index (κ1) is 16.3. The third-order valence-corrected chi connectivity index (χ3v) is 3.99. The molecular formula is C17H24N2O3. The van der Waals surface area contributed by atoms with Crippen LogP contribution in [0.2, 0.25) is 0 Å². The zero-order chi connectivity index (χ0) is 16.1. The first-order chi connectivity index (χ1) is 10.5. The molecular weight excluding hydrogens is 280 g/mol. The second kappa shape index (κ2) is 7.29. The summed E-state index contributed by atoms with van der Waals surface area (Å²) in [5.74, 6) is -0.787. The van der Waals surface area contributed by atoms with Crippen LogP contribution in [0.25, 0.3) is 0 Å². The van der Waals surface area contributed by atoms with E-state index in [2.05, 4.69) is 16.7 Å². The van der Waals surface area contributed by atoms with Crippen molar-refractivity contribution in [1.29, 1.82) is 0 Å². The van der Waals surface area contributed by atoms with Crippen molar-refractivity contribution >= 4 is 12.0 Å². The number of hydrogen-bond donors (Lipinski definition) is 3. The van der Waals surface area contributed by atoms with Crippen molar-refractivity contribution in [2.45, 2.75) is 51.6 Å². The highest BCUT2D eigenvalue weighted by atomic mass is 16.4. The van der Waals surface area contributed by atoms with Crippen LogP contribution in [0.4, 0.5) is 4.79 Å². The van der Waals surface area contributed by atoms with Crippen molar-refractivity contribution in [2.75, 3.05) is 0 Å². The van der Waals surface area contributed by atoms with Crippen LogP contribution in [0.5, 0.6) is 0 Å². The lowest BCUT2D eigenvalue weighted by Gasteiger charge is -2.27. The molecule has 0 saturated heterocycles. The predicted octanol–water partition coefficient (Wildman–Crippen LogP) is 2.86. The molecule has 2 atom stereocenters. The molecule has 0 fully saturated rings. The van der Waals surface area contributed by atoms with Crippen LogP contribution in [0.1, 0.15) is 50.3 Å². The standard InChI is InChI=1S/C17H24N2O3/c1-11(2)10-15(16(20)21)19-17(22)18-14-9-5-7-12-6-3-4-8-13(12)14/h3-4,6,8,11,14-15H,5,7,9-10H2,1-2H3,(H,20,21)(H2,18,19,22)/t14-,15-/m0/s1. The highest BCUT2D eigenvalue weighted by molar-refractivity contribution is 5.82. The minimum absolute atomic E-state index is 0.0431. The Morgan fingerprint density at radius 2 is 2.05 bits per heavy atom. The van der Waals surface area contributed by atoms with Crippen molar-refractivity contribution in [1.82, 2.24) is 10.6 Å². The summed E-state index contributed by atoms with van der Waals surface area (Å²) in [5.41, 5.74) is 2.40. The van der Waals surface area contributed by atoms with Gasteiger partial charge in [0.15, 0.2) is 0 Å². The summed E-state index contributed by atoms with van der Waals surface area (Å²) in [4.78, 5) is 23.4. The van der Waals surface area contributed by atoms with E-state index in [9.17, 15) is 14.7 Å². The molecule has 0 heterocycles. The van der Waals surface area contributed by atoms with Crippen molar-refractivity contribution in [3.63, 3.8) is 0 Å². The van der Waals surface area contributed by atoms with Gasteiger partial charge in [-0.05, 0) is 42.7 Å². The molecule has 120 valence electrons. The molecule has 2 amide bonds. The van der Waals surface area contributed by atoms with Crippen LogP contribution < -0.4 is 10.6 Å². The molecule has 2 rings (SSSR count). The van der Waals surface area contributed by atoms with Crippen LogP contribution in [-0.4, -0.2) is 23.1 Å². The molecule has 3 N–H and O–H groups in total. The first-order valence-corrected chi connectivity index (χ1v) is 7.85. The Kier molecular flexibility index (Phi) is 5.41. The van der Waals surface area contributed by atoms with Crippen LogP contribution in [0, 0.1) is 5.92 Å². The van der Waals surface area contributed by atoms with E-state index in [1.807, 2.05) is 32.0 Å². The second-order valence-corrected chi connectivity index (χ2v) is 6.28. The first-order valence-electron chi connectivity index (χ1n) is 7.85. The van der Waals surface area contributed by atoms with Gasteiger partial charge in [-0.15, -0.1) is 0 Å². The molecule has 0 unspecified atom stereocenters. The maximum absolute atomic E-state index is 12.1. The molecule has 1 aromatic carbocycles. The van der Waals surface area contributed by atoms with Crippen LogP contribution in [-0.2, 0) is 11.2 Å². The molecule has 5 heteroatoms. The molecule has 1 aromatic rings. The number of urea groups is 1. The van der Waals surface area contributed by atoms with Gasteiger partial charge in [0.1, 0.15) is 6.04 Å². The zero-order valence-electron chi connectivity index (χ0n) is 13.1. The summed E-state index contributed by atoms with van der Waals surface area (Å²) in [6.45, 7) is 3.87. The Balaban J connectivity index is 1.99. The Morgan fingerprint density at radius 1 is 1.32 bits per heavy atom. The topological polar surface area (TPSA) is 78.4 Å². The quantitative estimate of drug-likeness (QED) is 0.782. The highest BCUT2D eigenvalue weighted by Gasteiger charge is 2.25. The number of fused-ring (bicyclic) bond motifs is 1. The summed E-state index contributed by atoms with van der Waals surface area (Å²) < 4.78 is 0. The van der Waals surface area contributed by atoms with E-state index in [4.69, 9.17) is 0 Å². The Labute approximate surface area is 131 Å². The second-order valence-electron chi connectivity index (χ2n) is 6.28. The molecule has 0 saturated carbocycles. The van der Waals surface area contributed by atoms with E-state index in [1.165, 1.54) is 5.56 Å². The van der Waals surface area contributed by atoms with Crippen LogP contribution >= 0.6 is 0 Å². The van der Waals surface area contributed by atoms with Gasteiger partial charge in [-0.3, -0.25) is 0 Å². The fourth-order valence-corrected chi connectivity index (χ4v) is 2.95. The molecule has 0 bridgehead atoms. The van der Waals surface area contributed by atoms with Crippen molar-refractivity contribution in [2.24, 2.45) is 5.92 Å². The lowest BCUT2D eigenvalue weighted by atomic mass is 9.88. The zero-order valence-corrected chi connectivity index (χ0v) is 13.1. The third-order valence-electron chi connectivity index (χ3n) is 3.99. The fourth-order valence-electron chi connectivity index (χ4n) is 2.95. The average Bonchev–Trinajstić information content (AvgIpc) is 2.46. The van der Waals surface area contributed by atoms with Crippen LogP contribution in [0.15, 0.2) is 24.3 Å². The molecule has 0 aromatic heterocycles. The van der Waals surface area contributed by atoms with E-state index in [0.29, 0.717) is 6.42 Å². The van der Waals surface area contributed by atoms with E-state index in [-0.39, 0.29) is 12.0 Å². The number of carboxylic acids is 1. The van der Waals surface area contributed by atoms with Crippen molar-refractivity contribution in [3.05, 3.63) is 35.4 Å². The minimum atomic E-state index is -0.993. The average molecular weight is 304 g/mol. The lowest BCUT2D eigenvalue weighted by Crippen LogP contribution is -2.47. The SMILES string of the molecule is CC(C)C[C@H](NC(=O)N[C@H]1CCCc2ccccc21)C(=O)O. The van der Waals surface area contributed by atoms with Gasteiger partial charge in [0.05, 0.1) is 6.04 Å². The van der Waals surface area contributed by atoms with Crippen molar-refractivity contribution in [3.8, 4) is 0 Å². The predicted molar refractivity (Wildman–Crippen MR) is 84.7 cm³/mol. The third kappa shape index (κ3) is 4.23. The Morgan fingerprint density at radius 3 is 2.73 bits per heavy atom. The summed E-state index contributed by atoms with van der Waals surface area (Å²) in [5, 5.41) is 14.7. The molecule has 22 heavy (non-hydrogen) atoms. The Hall–Kier alpha value is -2.04. The van der Waals surface area contributed by atoms with Gasteiger partial charge in [0.2, 0.25) is 0 Å². The number of carboxylic acid groups (broad SMARTS) is 1. The molecule has 0 radical (unpaired) electrons. The number of carbonyl (C=O) groups excluding carboxylic acids is 1. The smallest absolute Gasteiger partial charge is 0.326 e. The monoisotopic (exact) mass is 304 g/mol. The number of carbonyl (C=O) groups is 2. The lowest BCUT2D eigenvalue weighted by molar-refractivity contribution is -0.139. The molecule has 5 nitrogen and oxygen atoms in total. The van der Waals surface area contributed by atoms with Gasteiger partial charge in [-0.2, -0.15) is 0 Å². The maximum atomic E-state index is 12.1. The normalized spacial score (nSPS) is 18.4. The maximum Gasteiger partial charge on any atom is 0.326 e. The molecule has 0 aliphatic heterocycles. The van der Waals surface area contributed by atoms with Gasteiger partial charge in [0.25, 0.3) is 0 Å². The minimum Gasteiger partial charge on any atom is -0.480 e. The summed E-state index contributed by atoms with van der Waals surface area (Å²) >= 11 is 0. The van der Waals surface area contributed by atoms with Gasteiger partial charge in [-0.1, -0.05) is 38.1 Å². The number of aryl methyl sites for hydroxylation is 1. The van der Waals surface area contributed by atoms with Gasteiger partial charge >= 0.3 is 12.0 Å². The summed E-state index contributed by atoms with van der Waals surface area (Å²) in [6.07, 6.45) is 3.35. The number of rotatable bonds is 5. The fraction of sp³-hybridized carbons (Fsp3) is 0.529. The van der Waals surface area contributed by atoms with Crippen molar-refractivity contribution < 1.29 is 14.7 Å². The van der Waals surface area contributed by atoms with E-state index in [1.54, 1.807) is 0 Å². The number of nitrogens with one attached hydrogen (secondary N) is 2. The molecule has 1 aliphatic rings. The van der Waals surface area contributed by atoms with E-state index in [0.717, 1.165) is 24.8 Å². The van der Waals surface area contributed by atoms with Gasteiger partial charge in [0, 0.05) is 0 Å². The number of hydrogen-bond acceptors (Lipinski definition) is 2. The van der Waals surface area contributed by atoms with Crippen LogP contribution in [0.3, 0.4) is 0 Å². The number of aliphatic carboxylic acids is 1. The van der Waals surface area contributed by atoms with Gasteiger partial charge in [-0.25, -0.2) is 9.59 Å². The van der Waals surface area contributed by atoms with E-state index < -0.39 is 18.0 Å². The molecule has 0 spiro atoms. The van der Waals surface area contributed by atoms with E-state index >= 15 is 0 Å². The van der Waals surface area contributed by atoms with Gasteiger partial charge < -0.3 is 15.7 Å². The highest BCUT2D eigenvalue weighted by Crippen LogP contribution is 2.29. The number of amides is 2. The Bertz CT molecular complexity index is 542. The number of benzene rings is 1. The largest absolute Gasteiger partial charge is 0.480 e. The summed E-state index contributed by atoms with van der Waals surface area (Å²) in [7, 11) is 0. The summed E-state index contributed by atoms with van der Waals surface area (Å²) in [6, 6.07) is 6.79. The molecule has 1 aliphatic carbocycles.